The van der Waals surface area contributed by atoms with Gasteiger partial charge in [-0.05, 0) is 41.5 Å². The molecular formula is C26H26N6O. The summed E-state index contributed by atoms with van der Waals surface area (Å²) in [5.41, 5.74) is 6.16. The Bertz CT molecular complexity index is 1400. The molecule has 1 amide bonds. The van der Waals surface area contributed by atoms with Crippen LogP contribution in [0.15, 0.2) is 79.0 Å². The molecule has 7 nitrogen and oxygen atoms in total. The molecule has 0 aliphatic carbocycles. The number of fused-ring (bicyclic) bond motifs is 2. The second-order valence-electron chi connectivity index (χ2n) is 8.37. The summed E-state index contributed by atoms with van der Waals surface area (Å²) >= 11 is 0. The number of para-hydroxylation sites is 2. The zero-order valence-corrected chi connectivity index (χ0v) is 18.7. The molecule has 1 unspecified atom stereocenters. The smallest absolute Gasteiger partial charge is 0.241 e. The highest BCUT2D eigenvalue weighted by molar-refractivity contribution is 5.84. The fraction of sp³-hybridized carbons (Fsp3) is 0.192. The van der Waals surface area contributed by atoms with Gasteiger partial charge in [0.15, 0.2) is 0 Å². The third kappa shape index (κ3) is 4.17. The maximum atomic E-state index is 12.9. The maximum absolute atomic E-state index is 12.9. The van der Waals surface area contributed by atoms with Crippen LogP contribution in [0.5, 0.6) is 0 Å². The van der Waals surface area contributed by atoms with Gasteiger partial charge in [-0.15, -0.1) is 5.10 Å². The van der Waals surface area contributed by atoms with Gasteiger partial charge in [0.05, 0.1) is 5.52 Å². The van der Waals surface area contributed by atoms with E-state index in [2.05, 4.69) is 61.9 Å². The second kappa shape index (κ2) is 8.78. The van der Waals surface area contributed by atoms with E-state index in [1.54, 1.807) is 4.68 Å². The lowest BCUT2D eigenvalue weighted by Gasteiger charge is -2.20. The second-order valence-corrected chi connectivity index (χ2v) is 8.37. The van der Waals surface area contributed by atoms with Crippen molar-refractivity contribution in [2.45, 2.75) is 12.5 Å². The third-order valence-electron chi connectivity index (χ3n) is 6.03. The molecule has 3 aromatic carbocycles. The van der Waals surface area contributed by atoms with E-state index in [1.165, 1.54) is 0 Å². The van der Waals surface area contributed by atoms with Crippen LogP contribution in [0, 0.1) is 0 Å². The Morgan fingerprint density at radius 3 is 2.61 bits per heavy atom. The Morgan fingerprint density at radius 2 is 1.79 bits per heavy atom. The van der Waals surface area contributed by atoms with Crippen LogP contribution in [0.25, 0.3) is 21.9 Å². The maximum Gasteiger partial charge on any atom is 0.241 e. The number of H-pyrrole nitrogens is 1. The van der Waals surface area contributed by atoms with Gasteiger partial charge in [-0.25, -0.2) is 4.68 Å². The average Bonchev–Trinajstić information content (AvgIpc) is 3.44. The lowest BCUT2D eigenvalue weighted by molar-refractivity contribution is -0.121. The van der Waals surface area contributed by atoms with E-state index in [4.69, 9.17) is 0 Å². The molecule has 166 valence electrons. The number of nitrogens with zero attached hydrogens (tertiary/aromatic N) is 4. The minimum atomic E-state index is -0.0968. The van der Waals surface area contributed by atoms with Crippen LogP contribution < -0.4 is 10.2 Å². The van der Waals surface area contributed by atoms with Gasteiger partial charge in [0.2, 0.25) is 5.91 Å². The standard InChI is InChI=1S/C26H26N6O/c1-31(2)19-13-11-18(12-14-19)21(22-16-27-23-8-4-3-7-20(22)23)15-28-26(33)17-32-25-10-6-5-9-24(25)29-30-32/h3-14,16,21,27H,15,17H2,1-2H3,(H,28,33). The zero-order valence-electron chi connectivity index (χ0n) is 18.7. The van der Waals surface area contributed by atoms with Crippen LogP contribution in [0.4, 0.5) is 5.69 Å². The zero-order chi connectivity index (χ0) is 22.8. The first-order valence-electron chi connectivity index (χ1n) is 11.0. The molecule has 2 N–H and O–H groups in total. The Hall–Kier alpha value is -4.13. The molecule has 0 fully saturated rings. The number of benzene rings is 3. The van der Waals surface area contributed by atoms with Crippen molar-refractivity contribution in [2.75, 3.05) is 25.5 Å². The number of hydrogen-bond donors (Lipinski definition) is 2. The molecule has 0 radical (unpaired) electrons. The molecule has 0 aliphatic heterocycles. The summed E-state index contributed by atoms with van der Waals surface area (Å²) in [5.74, 6) is -0.0887. The summed E-state index contributed by atoms with van der Waals surface area (Å²) in [4.78, 5) is 18.3. The molecule has 0 saturated heterocycles. The molecule has 2 aromatic heterocycles. The summed E-state index contributed by atoms with van der Waals surface area (Å²) < 4.78 is 1.64. The highest BCUT2D eigenvalue weighted by Gasteiger charge is 2.20. The lowest BCUT2D eigenvalue weighted by Crippen LogP contribution is -2.32. The van der Waals surface area contributed by atoms with Gasteiger partial charge in [0.25, 0.3) is 0 Å². The largest absolute Gasteiger partial charge is 0.378 e. The minimum Gasteiger partial charge on any atom is -0.378 e. The SMILES string of the molecule is CN(C)c1ccc(C(CNC(=O)Cn2nnc3ccccc32)c2c[nH]c3ccccc23)cc1. The first-order chi connectivity index (χ1) is 16.1. The molecule has 0 spiro atoms. The number of carbonyl (C=O) groups is 1. The molecule has 2 heterocycles. The van der Waals surface area contributed by atoms with Crippen LogP contribution in [-0.2, 0) is 11.3 Å². The predicted molar refractivity (Wildman–Crippen MR) is 131 cm³/mol. The summed E-state index contributed by atoms with van der Waals surface area (Å²) in [7, 11) is 4.06. The topological polar surface area (TPSA) is 78.8 Å². The number of aromatic amines is 1. The van der Waals surface area contributed by atoms with E-state index < -0.39 is 0 Å². The Morgan fingerprint density at radius 1 is 1.03 bits per heavy atom. The number of amides is 1. The number of carbonyl (C=O) groups excluding carboxylic acids is 1. The number of rotatable bonds is 7. The minimum absolute atomic E-state index is 0.00815. The summed E-state index contributed by atoms with van der Waals surface area (Å²) in [6.07, 6.45) is 2.05. The van der Waals surface area contributed by atoms with E-state index >= 15 is 0 Å². The van der Waals surface area contributed by atoms with E-state index in [0.29, 0.717) is 6.54 Å². The summed E-state index contributed by atoms with van der Waals surface area (Å²) in [6, 6.07) is 24.4. The molecule has 5 aromatic rings. The average molecular weight is 439 g/mol. The third-order valence-corrected chi connectivity index (χ3v) is 6.03. The van der Waals surface area contributed by atoms with E-state index in [1.807, 2.05) is 56.7 Å². The molecule has 0 aliphatic rings. The number of nitrogens with one attached hydrogen (secondary N) is 2. The van der Waals surface area contributed by atoms with Crippen molar-refractivity contribution in [3.05, 3.63) is 90.1 Å². The van der Waals surface area contributed by atoms with E-state index in [-0.39, 0.29) is 18.4 Å². The van der Waals surface area contributed by atoms with E-state index in [0.717, 1.165) is 38.8 Å². The molecule has 0 bridgehead atoms. The first kappa shape index (κ1) is 20.8. The van der Waals surface area contributed by atoms with Crippen molar-refractivity contribution in [3.63, 3.8) is 0 Å². The predicted octanol–water partition coefficient (Wildman–Crippen LogP) is 3.93. The van der Waals surface area contributed by atoms with Crippen LogP contribution in [0.3, 0.4) is 0 Å². The number of aromatic nitrogens is 4. The van der Waals surface area contributed by atoms with E-state index in [9.17, 15) is 4.79 Å². The van der Waals surface area contributed by atoms with Crippen molar-refractivity contribution >= 4 is 33.5 Å². The molecule has 5 rings (SSSR count). The van der Waals surface area contributed by atoms with Gasteiger partial charge in [0.1, 0.15) is 12.1 Å². The van der Waals surface area contributed by atoms with Crippen LogP contribution >= 0.6 is 0 Å². The van der Waals surface area contributed by atoms with Crippen LogP contribution in [-0.4, -0.2) is 46.5 Å². The molecule has 33 heavy (non-hydrogen) atoms. The monoisotopic (exact) mass is 438 g/mol. The van der Waals surface area contributed by atoms with Crippen molar-refractivity contribution in [2.24, 2.45) is 0 Å². The quantitative estimate of drug-likeness (QED) is 0.404. The molecule has 7 heteroatoms. The van der Waals surface area contributed by atoms with Crippen molar-refractivity contribution in [1.82, 2.24) is 25.3 Å². The van der Waals surface area contributed by atoms with Crippen molar-refractivity contribution in [3.8, 4) is 0 Å². The first-order valence-corrected chi connectivity index (χ1v) is 11.0. The van der Waals surface area contributed by atoms with Crippen LogP contribution in [0.1, 0.15) is 17.0 Å². The van der Waals surface area contributed by atoms with Gasteiger partial charge < -0.3 is 15.2 Å². The highest BCUT2D eigenvalue weighted by Crippen LogP contribution is 2.31. The number of anilines is 1. The summed E-state index contributed by atoms with van der Waals surface area (Å²) in [5, 5.41) is 12.6. The normalized spacial score (nSPS) is 12.2. The van der Waals surface area contributed by atoms with Gasteiger partial charge in [-0.1, -0.05) is 47.7 Å². The fourth-order valence-electron chi connectivity index (χ4n) is 4.24. The Kier molecular flexibility index (Phi) is 5.52. The van der Waals surface area contributed by atoms with Gasteiger partial charge in [0, 0.05) is 49.3 Å². The van der Waals surface area contributed by atoms with Crippen LogP contribution in [0.2, 0.25) is 0 Å². The lowest BCUT2D eigenvalue weighted by atomic mass is 9.90. The highest BCUT2D eigenvalue weighted by atomic mass is 16.2. The van der Waals surface area contributed by atoms with Gasteiger partial charge in [-0.3, -0.25) is 4.79 Å². The van der Waals surface area contributed by atoms with Gasteiger partial charge in [-0.2, -0.15) is 0 Å². The summed E-state index contributed by atoms with van der Waals surface area (Å²) in [6.45, 7) is 0.606. The molecule has 0 saturated carbocycles. The van der Waals surface area contributed by atoms with Crippen molar-refractivity contribution in [1.29, 1.82) is 0 Å². The Balaban J connectivity index is 1.40. The molecular weight excluding hydrogens is 412 g/mol. The van der Waals surface area contributed by atoms with Gasteiger partial charge >= 0.3 is 0 Å². The van der Waals surface area contributed by atoms with Crippen molar-refractivity contribution < 1.29 is 4.79 Å². The molecule has 1 atom stereocenters. The number of hydrogen-bond acceptors (Lipinski definition) is 4. The fourth-order valence-corrected chi connectivity index (χ4v) is 4.24. The Labute approximate surface area is 192 Å².